The molecule has 8 heteroatoms. The molecule has 3 aromatic carbocycles. The van der Waals surface area contributed by atoms with Gasteiger partial charge in [-0.3, -0.25) is 9.89 Å². The highest BCUT2D eigenvalue weighted by Crippen LogP contribution is 2.37. The average Bonchev–Trinajstić information content (AvgIpc) is 3.36. The van der Waals surface area contributed by atoms with Gasteiger partial charge < -0.3 is 14.8 Å². The zero-order valence-electron chi connectivity index (χ0n) is 19.0. The van der Waals surface area contributed by atoms with Crippen molar-refractivity contribution in [3.8, 4) is 22.9 Å². The van der Waals surface area contributed by atoms with Gasteiger partial charge in [0.15, 0.2) is 5.82 Å². The number of nitrogens with zero attached hydrogens (tertiary/aromatic N) is 2. The van der Waals surface area contributed by atoms with Crippen LogP contribution in [0.5, 0.6) is 11.5 Å². The monoisotopic (exact) mass is 474 g/mol. The molecular formula is C26H26N4O3S. The van der Waals surface area contributed by atoms with E-state index >= 15 is 0 Å². The first kappa shape index (κ1) is 23.4. The molecule has 2 N–H and O–H groups in total. The van der Waals surface area contributed by atoms with Gasteiger partial charge in [-0.25, -0.2) is 4.98 Å². The predicted molar refractivity (Wildman–Crippen MR) is 133 cm³/mol. The van der Waals surface area contributed by atoms with Crippen LogP contribution >= 0.6 is 11.8 Å². The minimum Gasteiger partial charge on any atom is -0.497 e. The van der Waals surface area contributed by atoms with Gasteiger partial charge >= 0.3 is 0 Å². The Morgan fingerprint density at radius 2 is 1.59 bits per heavy atom. The van der Waals surface area contributed by atoms with E-state index in [-0.39, 0.29) is 17.6 Å². The maximum absolute atomic E-state index is 12.8. The summed E-state index contributed by atoms with van der Waals surface area (Å²) in [6, 6.07) is 25.2. The Balaban J connectivity index is 1.48. The van der Waals surface area contributed by atoms with Gasteiger partial charge in [-0.05, 0) is 47.5 Å². The summed E-state index contributed by atoms with van der Waals surface area (Å²) in [4.78, 5) is 17.4. The number of nitrogens with one attached hydrogen (secondary N) is 2. The number of rotatable bonds is 10. The van der Waals surface area contributed by atoms with Crippen LogP contribution in [0, 0.1) is 0 Å². The summed E-state index contributed by atoms with van der Waals surface area (Å²) in [5, 5.41) is 10.8. The lowest BCUT2D eigenvalue weighted by Crippen LogP contribution is -2.24. The van der Waals surface area contributed by atoms with E-state index in [2.05, 4.69) is 20.5 Å². The summed E-state index contributed by atoms with van der Waals surface area (Å²) in [5.74, 6) is 2.16. The second-order valence-corrected chi connectivity index (χ2v) is 8.71. The number of benzene rings is 3. The highest BCUT2D eigenvalue weighted by atomic mass is 32.2. The topological polar surface area (TPSA) is 89.1 Å². The number of carbonyl (C=O) groups excluding carboxylic acids is 1. The molecule has 4 aromatic rings. The van der Waals surface area contributed by atoms with Crippen molar-refractivity contribution in [2.24, 2.45) is 0 Å². The summed E-state index contributed by atoms with van der Waals surface area (Å²) in [7, 11) is 3.26. The van der Waals surface area contributed by atoms with Crippen LogP contribution in [0.3, 0.4) is 0 Å². The molecule has 4 rings (SSSR count). The number of thioether (sulfide) groups is 1. The second-order valence-electron chi connectivity index (χ2n) is 7.54. The van der Waals surface area contributed by atoms with Crippen LogP contribution in [0.1, 0.15) is 22.8 Å². The number of aromatic amines is 1. The molecule has 7 nitrogen and oxygen atoms in total. The number of hydrogen-bond donors (Lipinski definition) is 2. The van der Waals surface area contributed by atoms with Crippen LogP contribution in [0.25, 0.3) is 11.4 Å². The molecule has 0 fully saturated rings. The summed E-state index contributed by atoms with van der Waals surface area (Å²) >= 11 is 1.45. The Bertz CT molecular complexity index is 1190. The van der Waals surface area contributed by atoms with Crippen molar-refractivity contribution in [1.82, 2.24) is 20.5 Å². The van der Waals surface area contributed by atoms with Gasteiger partial charge in [-0.1, -0.05) is 54.2 Å². The number of methoxy groups -OCH3 is 2. The van der Waals surface area contributed by atoms with Crippen molar-refractivity contribution >= 4 is 17.7 Å². The molecule has 0 bridgehead atoms. The molecule has 0 aliphatic heterocycles. The molecule has 0 radical (unpaired) electrons. The third-order valence-electron chi connectivity index (χ3n) is 5.27. The van der Waals surface area contributed by atoms with Gasteiger partial charge in [0.05, 0.1) is 14.2 Å². The maximum Gasteiger partial charge on any atom is 0.221 e. The van der Waals surface area contributed by atoms with Crippen LogP contribution in [0.4, 0.5) is 0 Å². The van der Waals surface area contributed by atoms with Gasteiger partial charge in [0, 0.05) is 23.8 Å². The smallest absolute Gasteiger partial charge is 0.221 e. The molecule has 0 saturated heterocycles. The Kier molecular flexibility index (Phi) is 7.83. The molecule has 0 saturated carbocycles. The zero-order valence-corrected chi connectivity index (χ0v) is 19.8. The molecule has 174 valence electrons. The van der Waals surface area contributed by atoms with E-state index in [0.29, 0.717) is 17.5 Å². The van der Waals surface area contributed by atoms with Gasteiger partial charge in [-0.2, -0.15) is 0 Å². The zero-order chi connectivity index (χ0) is 23.8. The van der Waals surface area contributed by atoms with E-state index in [9.17, 15) is 4.79 Å². The van der Waals surface area contributed by atoms with Gasteiger partial charge in [-0.15, -0.1) is 5.10 Å². The predicted octanol–water partition coefficient (Wildman–Crippen LogP) is 5.03. The van der Waals surface area contributed by atoms with Crippen molar-refractivity contribution in [2.45, 2.75) is 23.4 Å². The van der Waals surface area contributed by atoms with E-state index in [4.69, 9.17) is 9.47 Å². The lowest BCUT2D eigenvalue weighted by molar-refractivity contribution is -0.121. The van der Waals surface area contributed by atoms with Gasteiger partial charge in [0.25, 0.3) is 0 Å². The quantitative estimate of drug-likeness (QED) is 0.314. The lowest BCUT2D eigenvalue weighted by atomic mass is 10.1. The Hall–Kier alpha value is -3.78. The summed E-state index contributed by atoms with van der Waals surface area (Å²) in [6.07, 6.45) is 0.288. The van der Waals surface area contributed by atoms with E-state index < -0.39 is 0 Å². The Morgan fingerprint density at radius 1 is 0.941 bits per heavy atom. The highest BCUT2D eigenvalue weighted by Gasteiger charge is 2.20. The highest BCUT2D eigenvalue weighted by molar-refractivity contribution is 7.99. The fraction of sp³-hybridized carbons (Fsp3) is 0.192. The van der Waals surface area contributed by atoms with Crippen LogP contribution in [0.15, 0.2) is 84.0 Å². The molecule has 1 atom stereocenters. The van der Waals surface area contributed by atoms with Gasteiger partial charge in [0.2, 0.25) is 11.1 Å². The summed E-state index contributed by atoms with van der Waals surface area (Å²) < 4.78 is 10.5. The van der Waals surface area contributed by atoms with Crippen molar-refractivity contribution in [3.05, 3.63) is 90.0 Å². The minimum absolute atomic E-state index is 0.0388. The second kappa shape index (κ2) is 11.4. The molecule has 0 aliphatic rings. The average molecular weight is 475 g/mol. The standard InChI is InChI=1S/C26H26N4O3S/c1-32-21-12-8-19(9-13-21)23(16-24(31)27-17-18-6-4-3-5-7-18)34-26-28-25(29-30-26)20-10-14-22(33-2)15-11-20/h3-15,23H,16-17H2,1-2H3,(H,27,31)(H,28,29,30)/t23-/m0/s1. The number of ether oxygens (including phenoxy) is 2. The van der Waals surface area contributed by atoms with Crippen molar-refractivity contribution in [1.29, 1.82) is 0 Å². The fourth-order valence-corrected chi connectivity index (χ4v) is 4.41. The van der Waals surface area contributed by atoms with E-state index in [0.717, 1.165) is 28.2 Å². The van der Waals surface area contributed by atoms with Crippen molar-refractivity contribution < 1.29 is 14.3 Å². The van der Waals surface area contributed by atoms with E-state index in [1.165, 1.54) is 11.8 Å². The van der Waals surface area contributed by atoms with E-state index in [1.807, 2.05) is 78.9 Å². The number of carbonyl (C=O) groups is 1. The van der Waals surface area contributed by atoms with Crippen LogP contribution < -0.4 is 14.8 Å². The third kappa shape index (κ3) is 6.17. The minimum atomic E-state index is -0.166. The molecule has 1 heterocycles. The molecule has 1 amide bonds. The summed E-state index contributed by atoms with van der Waals surface area (Å²) in [6.45, 7) is 0.488. The van der Waals surface area contributed by atoms with Crippen LogP contribution in [-0.2, 0) is 11.3 Å². The van der Waals surface area contributed by atoms with Crippen LogP contribution in [0.2, 0.25) is 0 Å². The maximum atomic E-state index is 12.8. The number of amides is 1. The molecule has 0 unspecified atom stereocenters. The largest absolute Gasteiger partial charge is 0.497 e. The molecule has 34 heavy (non-hydrogen) atoms. The molecular weight excluding hydrogens is 448 g/mol. The number of hydrogen-bond acceptors (Lipinski definition) is 6. The van der Waals surface area contributed by atoms with Crippen molar-refractivity contribution in [3.63, 3.8) is 0 Å². The normalized spacial score (nSPS) is 11.6. The lowest BCUT2D eigenvalue weighted by Gasteiger charge is -2.16. The SMILES string of the molecule is COc1ccc(-c2nc(S[C@@H](CC(=O)NCc3ccccc3)c3ccc(OC)cc3)n[nH]2)cc1. The van der Waals surface area contributed by atoms with Crippen LogP contribution in [-0.4, -0.2) is 35.3 Å². The number of aromatic nitrogens is 3. The Labute approximate surface area is 202 Å². The third-order valence-corrected chi connectivity index (χ3v) is 6.38. The fourth-order valence-electron chi connectivity index (χ4n) is 3.39. The summed E-state index contributed by atoms with van der Waals surface area (Å²) in [5.41, 5.74) is 2.96. The molecule has 0 aliphatic carbocycles. The first-order chi connectivity index (χ1) is 16.6. The first-order valence-electron chi connectivity index (χ1n) is 10.8. The van der Waals surface area contributed by atoms with Crippen molar-refractivity contribution in [2.75, 3.05) is 14.2 Å². The number of H-pyrrole nitrogens is 1. The molecule has 1 aromatic heterocycles. The Morgan fingerprint density at radius 3 is 2.24 bits per heavy atom. The molecule has 0 spiro atoms. The van der Waals surface area contributed by atoms with E-state index in [1.54, 1.807) is 14.2 Å². The van der Waals surface area contributed by atoms with Gasteiger partial charge in [0.1, 0.15) is 11.5 Å². The first-order valence-corrected chi connectivity index (χ1v) is 11.7.